The van der Waals surface area contributed by atoms with Gasteiger partial charge in [0.15, 0.2) is 0 Å². The van der Waals surface area contributed by atoms with E-state index in [1.165, 1.54) is 11.9 Å². The second kappa shape index (κ2) is 6.20. The highest BCUT2D eigenvalue weighted by atomic mass is 16.4. The Morgan fingerprint density at radius 3 is 2.56 bits per heavy atom. The van der Waals surface area contributed by atoms with Crippen molar-refractivity contribution in [2.45, 2.75) is 26.3 Å². The van der Waals surface area contributed by atoms with Crippen molar-refractivity contribution in [2.24, 2.45) is 0 Å². The van der Waals surface area contributed by atoms with Crippen LogP contribution in [-0.2, 0) is 6.54 Å². The molecule has 1 aromatic carbocycles. The third-order valence-corrected chi connectivity index (χ3v) is 4.76. The van der Waals surface area contributed by atoms with Gasteiger partial charge in [-0.1, -0.05) is 29.8 Å². The fourth-order valence-corrected chi connectivity index (χ4v) is 3.44. The summed E-state index contributed by atoms with van der Waals surface area (Å²) in [5.74, 6) is -0.106. The molecule has 6 heteroatoms. The monoisotopic (exact) mass is 336 g/mol. The molecule has 6 nitrogen and oxygen atoms in total. The van der Waals surface area contributed by atoms with E-state index in [-0.39, 0.29) is 5.69 Å². The number of hydrogen-bond donors (Lipinski definition) is 1. The van der Waals surface area contributed by atoms with Gasteiger partial charge in [0.05, 0.1) is 5.39 Å². The molecular formula is C19H20N4O2. The van der Waals surface area contributed by atoms with E-state index >= 15 is 0 Å². The quantitative estimate of drug-likeness (QED) is 0.793. The molecular weight excluding hydrogens is 316 g/mol. The molecule has 0 amide bonds. The molecule has 1 fully saturated rings. The van der Waals surface area contributed by atoms with Crippen molar-refractivity contribution in [3.63, 3.8) is 0 Å². The minimum absolute atomic E-state index is 0.247. The fraction of sp³-hybridized carbons (Fsp3) is 0.316. The average Bonchev–Trinajstić information content (AvgIpc) is 3.25. The first-order chi connectivity index (χ1) is 12.1. The van der Waals surface area contributed by atoms with Crippen molar-refractivity contribution >= 4 is 22.8 Å². The Morgan fingerprint density at radius 2 is 1.88 bits per heavy atom. The standard InChI is InChI=1S/C19H20N4O2/c1-13-4-6-14(7-5-13)11-23-16(19(24)25)10-15-17(20-12-21-18(15)23)22-8-2-3-9-22/h4-7,10,12H,2-3,8-9,11H2,1H3,(H,24,25). The molecule has 3 heterocycles. The molecule has 1 aliphatic heterocycles. The molecule has 1 saturated heterocycles. The Bertz CT molecular complexity index is 924. The second-order valence-corrected chi connectivity index (χ2v) is 6.54. The van der Waals surface area contributed by atoms with Gasteiger partial charge in [-0.25, -0.2) is 14.8 Å². The number of carboxylic acids is 1. The zero-order valence-corrected chi connectivity index (χ0v) is 14.1. The Morgan fingerprint density at radius 1 is 1.16 bits per heavy atom. The highest BCUT2D eigenvalue weighted by molar-refractivity contribution is 5.97. The number of rotatable bonds is 4. The number of aryl methyl sites for hydroxylation is 1. The van der Waals surface area contributed by atoms with Gasteiger partial charge in [-0.05, 0) is 31.4 Å². The SMILES string of the molecule is Cc1ccc(Cn2c(C(=O)O)cc3c(N4CCCC4)ncnc32)cc1. The van der Waals surface area contributed by atoms with E-state index in [1.807, 2.05) is 31.2 Å². The summed E-state index contributed by atoms with van der Waals surface area (Å²) in [6.45, 7) is 4.42. The maximum absolute atomic E-state index is 11.8. The van der Waals surface area contributed by atoms with E-state index < -0.39 is 5.97 Å². The van der Waals surface area contributed by atoms with Gasteiger partial charge < -0.3 is 14.6 Å². The number of hydrogen-bond acceptors (Lipinski definition) is 4. The van der Waals surface area contributed by atoms with Crippen molar-refractivity contribution in [2.75, 3.05) is 18.0 Å². The van der Waals surface area contributed by atoms with Crippen molar-refractivity contribution in [1.82, 2.24) is 14.5 Å². The van der Waals surface area contributed by atoms with Gasteiger partial charge in [-0.2, -0.15) is 0 Å². The Balaban J connectivity index is 1.84. The van der Waals surface area contributed by atoms with Gasteiger partial charge >= 0.3 is 5.97 Å². The number of carboxylic acid groups (broad SMARTS) is 1. The number of carbonyl (C=O) groups is 1. The number of anilines is 1. The number of benzene rings is 1. The largest absolute Gasteiger partial charge is 0.477 e. The first-order valence-corrected chi connectivity index (χ1v) is 8.51. The van der Waals surface area contributed by atoms with E-state index in [4.69, 9.17) is 0 Å². The Labute approximate surface area is 145 Å². The molecule has 4 rings (SSSR count). The number of fused-ring (bicyclic) bond motifs is 1. The molecule has 0 unspecified atom stereocenters. The van der Waals surface area contributed by atoms with Gasteiger partial charge in [0.1, 0.15) is 23.5 Å². The topological polar surface area (TPSA) is 71.2 Å². The van der Waals surface area contributed by atoms with Crippen LogP contribution in [0.5, 0.6) is 0 Å². The summed E-state index contributed by atoms with van der Waals surface area (Å²) >= 11 is 0. The lowest BCUT2D eigenvalue weighted by Gasteiger charge is -2.16. The van der Waals surface area contributed by atoms with Crippen LogP contribution >= 0.6 is 0 Å². The number of aromatic nitrogens is 3. The summed E-state index contributed by atoms with van der Waals surface area (Å²) in [6.07, 6.45) is 3.82. The maximum Gasteiger partial charge on any atom is 0.352 e. The second-order valence-electron chi connectivity index (χ2n) is 6.54. The number of aromatic carboxylic acids is 1. The average molecular weight is 336 g/mol. The highest BCUT2D eigenvalue weighted by Gasteiger charge is 2.22. The van der Waals surface area contributed by atoms with Crippen LogP contribution < -0.4 is 4.90 Å². The van der Waals surface area contributed by atoms with Crippen molar-refractivity contribution in [3.8, 4) is 0 Å². The minimum Gasteiger partial charge on any atom is -0.477 e. The van der Waals surface area contributed by atoms with Crippen molar-refractivity contribution in [1.29, 1.82) is 0 Å². The first-order valence-electron chi connectivity index (χ1n) is 8.51. The summed E-state index contributed by atoms with van der Waals surface area (Å²) < 4.78 is 1.77. The summed E-state index contributed by atoms with van der Waals surface area (Å²) in [5, 5.41) is 10.5. The van der Waals surface area contributed by atoms with Crippen LogP contribution in [0.3, 0.4) is 0 Å². The molecule has 0 radical (unpaired) electrons. The molecule has 2 aromatic heterocycles. The fourth-order valence-electron chi connectivity index (χ4n) is 3.44. The van der Waals surface area contributed by atoms with Gasteiger partial charge in [-0.3, -0.25) is 0 Å². The Hall–Kier alpha value is -2.89. The predicted octanol–water partition coefficient (Wildman–Crippen LogP) is 3.09. The predicted molar refractivity (Wildman–Crippen MR) is 96.2 cm³/mol. The molecule has 128 valence electrons. The van der Waals surface area contributed by atoms with Gasteiger partial charge in [-0.15, -0.1) is 0 Å². The lowest BCUT2D eigenvalue weighted by atomic mass is 10.1. The van der Waals surface area contributed by atoms with Crippen LogP contribution in [0.2, 0.25) is 0 Å². The number of nitrogens with zero attached hydrogens (tertiary/aromatic N) is 4. The summed E-state index contributed by atoms with van der Waals surface area (Å²) in [6, 6.07) is 9.82. The van der Waals surface area contributed by atoms with Crippen LogP contribution in [-0.4, -0.2) is 38.7 Å². The van der Waals surface area contributed by atoms with Crippen LogP contribution in [0.1, 0.15) is 34.5 Å². The normalized spacial score (nSPS) is 14.4. The smallest absolute Gasteiger partial charge is 0.352 e. The van der Waals surface area contributed by atoms with Gasteiger partial charge in [0.25, 0.3) is 0 Å². The molecule has 1 aliphatic rings. The zero-order valence-electron chi connectivity index (χ0n) is 14.1. The van der Waals surface area contributed by atoms with E-state index in [0.717, 1.165) is 42.7 Å². The van der Waals surface area contributed by atoms with Crippen molar-refractivity contribution in [3.05, 3.63) is 53.5 Å². The van der Waals surface area contributed by atoms with Gasteiger partial charge in [0.2, 0.25) is 0 Å². The third kappa shape index (κ3) is 2.84. The molecule has 25 heavy (non-hydrogen) atoms. The highest BCUT2D eigenvalue weighted by Crippen LogP contribution is 2.29. The lowest BCUT2D eigenvalue weighted by Crippen LogP contribution is -2.19. The van der Waals surface area contributed by atoms with Crippen LogP contribution in [0, 0.1) is 6.92 Å². The first kappa shape index (κ1) is 15.6. The van der Waals surface area contributed by atoms with Crippen LogP contribution in [0.15, 0.2) is 36.7 Å². The minimum atomic E-state index is -0.947. The lowest BCUT2D eigenvalue weighted by molar-refractivity contribution is 0.0686. The molecule has 0 atom stereocenters. The van der Waals surface area contributed by atoms with Crippen LogP contribution in [0.4, 0.5) is 5.82 Å². The molecule has 0 saturated carbocycles. The zero-order chi connectivity index (χ0) is 17.4. The molecule has 0 bridgehead atoms. The maximum atomic E-state index is 11.8. The van der Waals surface area contributed by atoms with Gasteiger partial charge in [0, 0.05) is 19.6 Å². The summed E-state index contributed by atoms with van der Waals surface area (Å²) in [4.78, 5) is 22.8. The van der Waals surface area contributed by atoms with E-state index in [0.29, 0.717) is 12.2 Å². The van der Waals surface area contributed by atoms with E-state index in [2.05, 4.69) is 14.9 Å². The third-order valence-electron chi connectivity index (χ3n) is 4.76. The summed E-state index contributed by atoms with van der Waals surface area (Å²) in [7, 11) is 0. The van der Waals surface area contributed by atoms with E-state index in [9.17, 15) is 9.90 Å². The van der Waals surface area contributed by atoms with Crippen molar-refractivity contribution < 1.29 is 9.90 Å². The summed E-state index contributed by atoms with van der Waals surface area (Å²) in [5.41, 5.74) is 3.15. The molecule has 1 N–H and O–H groups in total. The molecule has 3 aromatic rings. The van der Waals surface area contributed by atoms with Crippen LogP contribution in [0.25, 0.3) is 11.0 Å². The Kier molecular flexibility index (Phi) is 3.87. The van der Waals surface area contributed by atoms with E-state index in [1.54, 1.807) is 10.6 Å². The molecule has 0 aliphatic carbocycles. The molecule has 0 spiro atoms.